The number of hydrogen-bond acceptors (Lipinski definition) is 4. The van der Waals surface area contributed by atoms with Crippen LogP contribution in [0.3, 0.4) is 0 Å². The number of nitrogens with zero attached hydrogens (tertiary/aromatic N) is 3. The molecule has 0 radical (unpaired) electrons. The predicted molar refractivity (Wildman–Crippen MR) is 56.1 cm³/mol. The molecule has 2 rings (SSSR count). The summed E-state index contributed by atoms with van der Waals surface area (Å²) >= 11 is 3.14. The number of rotatable bonds is 2. The highest BCUT2D eigenvalue weighted by atomic mass is 79.9. The van der Waals surface area contributed by atoms with Crippen molar-refractivity contribution in [2.45, 2.75) is 13.5 Å². The molecule has 0 N–H and O–H groups in total. The number of carbonyl (C=O) groups is 1. The summed E-state index contributed by atoms with van der Waals surface area (Å²) < 4.78 is 20.0. The van der Waals surface area contributed by atoms with E-state index in [0.717, 1.165) is 0 Å². The Balaban J connectivity index is 2.36. The zero-order valence-electron chi connectivity index (χ0n) is 8.28. The minimum atomic E-state index is -0.490. The number of ether oxygens (including phenoxy) is 1. The van der Waals surface area contributed by atoms with Gasteiger partial charge in [0, 0.05) is 17.6 Å². The third-order valence-electron chi connectivity index (χ3n) is 1.80. The summed E-state index contributed by atoms with van der Waals surface area (Å²) in [5.74, 6) is -0.663. The first-order valence-corrected chi connectivity index (χ1v) is 5.19. The lowest BCUT2D eigenvalue weighted by Crippen LogP contribution is -2.00. The molecule has 0 atom stereocenters. The lowest BCUT2D eigenvalue weighted by atomic mass is 10.4. The molecule has 0 aliphatic carbocycles. The maximum atomic E-state index is 13.4. The minimum Gasteiger partial charge on any atom is -0.458 e. The Bertz CT molecular complexity index is 555. The zero-order chi connectivity index (χ0) is 11.7. The quantitative estimate of drug-likeness (QED) is 0.789. The molecule has 0 bridgehead atoms. The van der Waals surface area contributed by atoms with Crippen LogP contribution in [0.1, 0.15) is 12.7 Å². The van der Waals surface area contributed by atoms with E-state index in [0.29, 0.717) is 4.47 Å². The molecule has 0 amide bonds. The molecule has 0 fully saturated rings. The molecule has 0 aliphatic rings. The first kappa shape index (κ1) is 11.0. The van der Waals surface area contributed by atoms with E-state index in [4.69, 9.17) is 4.74 Å². The normalized spacial score (nSPS) is 10.7. The molecule has 0 saturated carbocycles. The van der Waals surface area contributed by atoms with Crippen molar-refractivity contribution in [2.75, 3.05) is 0 Å². The van der Waals surface area contributed by atoms with Gasteiger partial charge in [-0.1, -0.05) is 0 Å². The zero-order valence-corrected chi connectivity index (χ0v) is 9.86. The summed E-state index contributed by atoms with van der Waals surface area (Å²) in [6, 6.07) is 1.29. The summed E-state index contributed by atoms with van der Waals surface area (Å²) in [6.45, 7) is 1.22. The van der Waals surface area contributed by atoms with Crippen LogP contribution >= 0.6 is 15.9 Å². The number of carbonyl (C=O) groups excluding carboxylic acids is 1. The van der Waals surface area contributed by atoms with Crippen LogP contribution in [0.5, 0.6) is 0 Å². The van der Waals surface area contributed by atoms with Crippen molar-refractivity contribution in [3.63, 3.8) is 0 Å². The second kappa shape index (κ2) is 4.17. The third-order valence-corrected chi connectivity index (χ3v) is 2.24. The molecule has 0 unspecified atom stereocenters. The smallest absolute Gasteiger partial charge is 0.303 e. The van der Waals surface area contributed by atoms with Gasteiger partial charge in [0.2, 0.25) is 0 Å². The van der Waals surface area contributed by atoms with Gasteiger partial charge in [0.15, 0.2) is 23.9 Å². The molecule has 5 nitrogen and oxygen atoms in total. The minimum absolute atomic E-state index is 0.0614. The van der Waals surface area contributed by atoms with Crippen molar-refractivity contribution in [1.29, 1.82) is 0 Å². The summed E-state index contributed by atoms with van der Waals surface area (Å²) in [4.78, 5) is 14.5. The van der Waals surface area contributed by atoms with Crippen LogP contribution in [0.15, 0.2) is 16.7 Å². The summed E-state index contributed by atoms with van der Waals surface area (Å²) in [5, 5.41) is 3.96. The fraction of sp³-hybridized carbons (Fsp3) is 0.222. The largest absolute Gasteiger partial charge is 0.458 e. The molecule has 0 spiro atoms. The second-order valence-corrected chi connectivity index (χ2v) is 4.00. The van der Waals surface area contributed by atoms with Crippen LogP contribution in [0.4, 0.5) is 4.39 Å². The molecule has 2 aromatic rings. The molecule has 16 heavy (non-hydrogen) atoms. The lowest BCUT2D eigenvalue weighted by Gasteiger charge is -1.94. The summed E-state index contributed by atoms with van der Waals surface area (Å²) in [7, 11) is 0. The average Bonchev–Trinajstić information content (AvgIpc) is 2.57. The van der Waals surface area contributed by atoms with E-state index in [2.05, 4.69) is 26.0 Å². The van der Waals surface area contributed by atoms with Gasteiger partial charge in [-0.3, -0.25) is 4.79 Å². The van der Waals surface area contributed by atoms with E-state index in [1.165, 1.54) is 17.5 Å². The van der Waals surface area contributed by atoms with Gasteiger partial charge in [-0.15, -0.1) is 5.10 Å². The number of aromatic nitrogens is 3. The van der Waals surface area contributed by atoms with Gasteiger partial charge in [-0.2, -0.15) is 0 Å². The first-order chi connectivity index (χ1) is 7.56. The van der Waals surface area contributed by atoms with Gasteiger partial charge in [0.05, 0.1) is 0 Å². The van der Waals surface area contributed by atoms with Crippen LogP contribution in [-0.4, -0.2) is 20.6 Å². The topological polar surface area (TPSA) is 56.5 Å². The summed E-state index contributed by atoms with van der Waals surface area (Å²) in [6.07, 6.45) is 1.57. The van der Waals surface area contributed by atoms with Crippen molar-refractivity contribution < 1.29 is 13.9 Å². The van der Waals surface area contributed by atoms with E-state index in [9.17, 15) is 9.18 Å². The van der Waals surface area contributed by atoms with E-state index in [1.807, 2.05) is 0 Å². The maximum Gasteiger partial charge on any atom is 0.303 e. The Labute approximate surface area is 98.4 Å². The predicted octanol–water partition coefficient (Wildman–Crippen LogP) is 1.69. The van der Waals surface area contributed by atoms with Crippen molar-refractivity contribution in [2.24, 2.45) is 0 Å². The molecule has 2 aromatic heterocycles. The Morgan fingerprint density at radius 2 is 2.44 bits per heavy atom. The lowest BCUT2D eigenvalue weighted by molar-refractivity contribution is -0.142. The fourth-order valence-electron chi connectivity index (χ4n) is 1.19. The molecule has 0 saturated heterocycles. The van der Waals surface area contributed by atoms with Crippen LogP contribution in [0.25, 0.3) is 5.65 Å². The second-order valence-electron chi connectivity index (χ2n) is 3.08. The van der Waals surface area contributed by atoms with Crippen molar-refractivity contribution >= 4 is 27.5 Å². The van der Waals surface area contributed by atoms with Gasteiger partial charge >= 0.3 is 5.97 Å². The van der Waals surface area contributed by atoms with E-state index in [-0.39, 0.29) is 18.1 Å². The van der Waals surface area contributed by atoms with Crippen molar-refractivity contribution in [3.05, 3.63) is 28.4 Å². The van der Waals surface area contributed by atoms with Crippen molar-refractivity contribution in [3.8, 4) is 0 Å². The highest BCUT2D eigenvalue weighted by molar-refractivity contribution is 9.10. The van der Waals surface area contributed by atoms with Gasteiger partial charge in [0.25, 0.3) is 0 Å². The third kappa shape index (κ3) is 2.19. The molecule has 0 aromatic carbocycles. The number of fused-ring (bicyclic) bond motifs is 1. The van der Waals surface area contributed by atoms with Gasteiger partial charge in [-0.05, 0) is 22.0 Å². The van der Waals surface area contributed by atoms with Gasteiger partial charge in [-0.25, -0.2) is 13.9 Å². The molecular weight excluding hydrogens is 281 g/mol. The van der Waals surface area contributed by atoms with Crippen LogP contribution in [-0.2, 0) is 16.1 Å². The molecule has 0 aliphatic heterocycles. The Hall–Kier alpha value is -1.50. The van der Waals surface area contributed by atoms with Crippen LogP contribution < -0.4 is 0 Å². The Morgan fingerprint density at radius 3 is 3.12 bits per heavy atom. The maximum absolute atomic E-state index is 13.4. The highest BCUT2D eigenvalue weighted by Gasteiger charge is 2.10. The molecular formula is C9H7BrFN3O2. The van der Waals surface area contributed by atoms with Gasteiger partial charge < -0.3 is 4.74 Å². The average molecular weight is 288 g/mol. The Kier molecular flexibility index (Phi) is 2.86. The standard InChI is InChI=1S/C9H7BrFN3O2/c1-5(15)16-4-8-12-9-7(11)2-6(10)3-14(9)13-8/h2-3H,4H2,1H3. The highest BCUT2D eigenvalue weighted by Crippen LogP contribution is 2.15. The number of pyridine rings is 1. The SMILES string of the molecule is CC(=O)OCc1nc2c(F)cc(Br)cn2n1. The first-order valence-electron chi connectivity index (χ1n) is 4.40. The Morgan fingerprint density at radius 1 is 1.69 bits per heavy atom. The van der Waals surface area contributed by atoms with Crippen LogP contribution in [0.2, 0.25) is 0 Å². The van der Waals surface area contributed by atoms with E-state index < -0.39 is 11.8 Å². The fourth-order valence-corrected chi connectivity index (χ4v) is 1.58. The summed E-state index contributed by atoms with van der Waals surface area (Å²) in [5.41, 5.74) is 0.102. The molecule has 84 valence electrons. The molecule has 2 heterocycles. The number of halogens is 2. The number of hydrogen-bond donors (Lipinski definition) is 0. The number of esters is 1. The van der Waals surface area contributed by atoms with Crippen LogP contribution in [0, 0.1) is 5.82 Å². The monoisotopic (exact) mass is 287 g/mol. The van der Waals surface area contributed by atoms with E-state index >= 15 is 0 Å². The van der Waals surface area contributed by atoms with E-state index in [1.54, 1.807) is 6.20 Å². The van der Waals surface area contributed by atoms with Crippen molar-refractivity contribution in [1.82, 2.24) is 14.6 Å². The van der Waals surface area contributed by atoms with Gasteiger partial charge in [0.1, 0.15) is 0 Å². The molecule has 7 heteroatoms.